The van der Waals surface area contributed by atoms with Crippen molar-refractivity contribution in [3.05, 3.63) is 16.1 Å². The van der Waals surface area contributed by atoms with Crippen LogP contribution in [0.1, 0.15) is 43.3 Å². The summed E-state index contributed by atoms with van der Waals surface area (Å²) >= 11 is 1.64. The largest absolute Gasteiger partial charge is 0.354 e. The lowest BCUT2D eigenvalue weighted by molar-refractivity contribution is -0.128. The van der Waals surface area contributed by atoms with Crippen molar-refractivity contribution >= 4 is 17.2 Å². The van der Waals surface area contributed by atoms with E-state index in [4.69, 9.17) is 5.73 Å². The van der Waals surface area contributed by atoms with E-state index in [2.05, 4.69) is 17.2 Å². The molecule has 2 atom stereocenters. The fourth-order valence-electron chi connectivity index (χ4n) is 2.77. The van der Waals surface area contributed by atoms with Gasteiger partial charge in [0.05, 0.1) is 10.5 Å². The summed E-state index contributed by atoms with van der Waals surface area (Å²) in [5.74, 6) is 0.554. The molecule has 0 aliphatic heterocycles. The van der Waals surface area contributed by atoms with Crippen molar-refractivity contribution in [2.24, 2.45) is 11.7 Å². The Labute approximate surface area is 118 Å². The Kier molecular flexibility index (Phi) is 4.58. The molecule has 2 unspecified atom stereocenters. The summed E-state index contributed by atoms with van der Waals surface area (Å²) < 4.78 is 0. The van der Waals surface area contributed by atoms with Crippen LogP contribution in [-0.2, 0) is 11.2 Å². The van der Waals surface area contributed by atoms with Gasteiger partial charge in [-0.05, 0) is 25.7 Å². The molecule has 4 nitrogen and oxygen atoms in total. The maximum atomic E-state index is 12.2. The van der Waals surface area contributed by atoms with Crippen molar-refractivity contribution in [1.82, 2.24) is 10.3 Å². The summed E-state index contributed by atoms with van der Waals surface area (Å²) in [7, 11) is 0. The third-order valence-corrected chi connectivity index (χ3v) is 4.80. The van der Waals surface area contributed by atoms with Gasteiger partial charge in [-0.1, -0.05) is 19.8 Å². The molecular weight excluding hydrogens is 258 g/mol. The Morgan fingerprint density at radius 2 is 2.47 bits per heavy atom. The minimum Gasteiger partial charge on any atom is -0.354 e. The fraction of sp³-hybridized carbons (Fsp3) is 0.714. The first-order valence-electron chi connectivity index (χ1n) is 6.98. The monoisotopic (exact) mass is 281 g/mol. The van der Waals surface area contributed by atoms with Gasteiger partial charge in [0.25, 0.3) is 0 Å². The van der Waals surface area contributed by atoms with Crippen LogP contribution in [-0.4, -0.2) is 23.0 Å². The topological polar surface area (TPSA) is 68.0 Å². The number of amides is 1. The average Bonchev–Trinajstić information content (AvgIpc) is 2.74. The number of carbonyl (C=O) groups is 1. The van der Waals surface area contributed by atoms with Crippen molar-refractivity contribution in [3.63, 3.8) is 0 Å². The number of nitrogens with one attached hydrogen (secondary N) is 1. The molecule has 1 fully saturated rings. The number of aryl methyl sites for hydroxylation is 1. The van der Waals surface area contributed by atoms with Crippen LogP contribution in [0.3, 0.4) is 0 Å². The van der Waals surface area contributed by atoms with Gasteiger partial charge in [0, 0.05) is 24.0 Å². The minimum absolute atomic E-state index is 0.00679. The molecule has 19 heavy (non-hydrogen) atoms. The Hall–Kier alpha value is -0.940. The predicted molar refractivity (Wildman–Crippen MR) is 78.1 cm³/mol. The molecule has 0 aromatic carbocycles. The lowest BCUT2D eigenvalue weighted by atomic mass is 9.76. The zero-order chi connectivity index (χ0) is 13.9. The Balaban J connectivity index is 1.80. The van der Waals surface area contributed by atoms with Gasteiger partial charge >= 0.3 is 0 Å². The first-order chi connectivity index (χ1) is 8.99. The molecule has 1 aromatic rings. The number of carbonyl (C=O) groups excluding carboxylic acids is 1. The third kappa shape index (κ3) is 3.76. The molecule has 1 aromatic heterocycles. The highest BCUT2D eigenvalue weighted by atomic mass is 32.1. The molecule has 1 amide bonds. The number of nitrogens with zero attached hydrogens (tertiary/aromatic N) is 1. The average molecular weight is 281 g/mol. The fourth-order valence-corrected chi connectivity index (χ4v) is 3.55. The molecule has 106 valence electrons. The van der Waals surface area contributed by atoms with E-state index in [-0.39, 0.29) is 5.91 Å². The second kappa shape index (κ2) is 6.01. The normalized spacial score (nSPS) is 27.2. The third-order valence-electron chi connectivity index (χ3n) is 3.78. The zero-order valence-corrected chi connectivity index (χ0v) is 12.6. The lowest BCUT2D eigenvalue weighted by Gasteiger charge is -2.35. The number of hydrogen-bond acceptors (Lipinski definition) is 4. The van der Waals surface area contributed by atoms with Crippen LogP contribution in [0.5, 0.6) is 0 Å². The van der Waals surface area contributed by atoms with Crippen LogP contribution < -0.4 is 11.1 Å². The van der Waals surface area contributed by atoms with Gasteiger partial charge in [-0.2, -0.15) is 0 Å². The number of nitrogens with two attached hydrogens (primary N) is 1. The summed E-state index contributed by atoms with van der Waals surface area (Å²) in [5, 5.41) is 6.08. The maximum absolute atomic E-state index is 12.2. The zero-order valence-electron chi connectivity index (χ0n) is 11.7. The number of aromatic nitrogens is 1. The molecule has 5 heteroatoms. The molecule has 1 heterocycles. The van der Waals surface area contributed by atoms with Crippen molar-refractivity contribution in [2.45, 2.75) is 51.5 Å². The SMILES string of the molecule is Cc1csc(CCNC(=O)C2(N)CCCC(C)C2)n1. The highest BCUT2D eigenvalue weighted by Gasteiger charge is 2.37. The smallest absolute Gasteiger partial charge is 0.240 e. The van der Waals surface area contributed by atoms with Gasteiger partial charge in [-0.25, -0.2) is 4.98 Å². The molecule has 2 rings (SSSR count). The van der Waals surface area contributed by atoms with Crippen LogP contribution in [0, 0.1) is 12.8 Å². The van der Waals surface area contributed by atoms with Gasteiger partial charge in [0.2, 0.25) is 5.91 Å². The second-order valence-corrected chi connectivity index (χ2v) is 6.69. The Morgan fingerprint density at radius 3 is 3.11 bits per heavy atom. The van der Waals surface area contributed by atoms with E-state index in [0.29, 0.717) is 12.5 Å². The Bertz CT molecular complexity index is 446. The predicted octanol–water partition coefficient (Wildman–Crippen LogP) is 2.02. The summed E-state index contributed by atoms with van der Waals surface area (Å²) in [6.07, 6.45) is 4.63. The van der Waals surface area contributed by atoms with Crippen LogP contribution in [0.2, 0.25) is 0 Å². The summed E-state index contributed by atoms with van der Waals surface area (Å²) in [4.78, 5) is 16.6. The first kappa shape index (κ1) is 14.5. The summed E-state index contributed by atoms with van der Waals surface area (Å²) in [6.45, 7) is 4.78. The Morgan fingerprint density at radius 1 is 1.68 bits per heavy atom. The maximum Gasteiger partial charge on any atom is 0.240 e. The lowest BCUT2D eigenvalue weighted by Crippen LogP contribution is -2.56. The summed E-state index contributed by atoms with van der Waals surface area (Å²) in [5.41, 5.74) is 6.64. The molecule has 1 saturated carbocycles. The van der Waals surface area contributed by atoms with Crippen molar-refractivity contribution in [2.75, 3.05) is 6.54 Å². The molecular formula is C14H23N3OS. The minimum atomic E-state index is -0.656. The summed E-state index contributed by atoms with van der Waals surface area (Å²) in [6, 6.07) is 0. The van der Waals surface area contributed by atoms with Crippen molar-refractivity contribution in [1.29, 1.82) is 0 Å². The number of hydrogen-bond donors (Lipinski definition) is 2. The standard InChI is InChI=1S/C14H23N3OS/c1-10-4-3-6-14(15,8-10)13(18)16-7-5-12-17-11(2)9-19-12/h9-10H,3-8,15H2,1-2H3,(H,16,18). The van der Waals surface area contributed by atoms with Crippen molar-refractivity contribution < 1.29 is 4.79 Å². The van der Waals surface area contributed by atoms with E-state index in [0.717, 1.165) is 36.4 Å². The van der Waals surface area contributed by atoms with Crippen LogP contribution in [0.25, 0.3) is 0 Å². The van der Waals surface area contributed by atoms with Crippen LogP contribution in [0.15, 0.2) is 5.38 Å². The van der Waals surface area contributed by atoms with Crippen LogP contribution >= 0.6 is 11.3 Å². The second-order valence-electron chi connectivity index (χ2n) is 5.75. The van der Waals surface area contributed by atoms with Crippen molar-refractivity contribution in [3.8, 4) is 0 Å². The van der Waals surface area contributed by atoms with E-state index >= 15 is 0 Å². The highest BCUT2D eigenvalue weighted by molar-refractivity contribution is 7.09. The highest BCUT2D eigenvalue weighted by Crippen LogP contribution is 2.30. The number of rotatable bonds is 4. The van der Waals surface area contributed by atoms with E-state index in [1.807, 2.05) is 12.3 Å². The quantitative estimate of drug-likeness (QED) is 0.887. The van der Waals surface area contributed by atoms with E-state index in [1.165, 1.54) is 6.42 Å². The molecule has 3 N–H and O–H groups in total. The van der Waals surface area contributed by atoms with Gasteiger partial charge in [-0.15, -0.1) is 11.3 Å². The van der Waals surface area contributed by atoms with E-state index < -0.39 is 5.54 Å². The van der Waals surface area contributed by atoms with Gasteiger partial charge < -0.3 is 11.1 Å². The van der Waals surface area contributed by atoms with Gasteiger partial charge in [0.15, 0.2) is 0 Å². The molecule has 1 aliphatic rings. The van der Waals surface area contributed by atoms with E-state index in [1.54, 1.807) is 11.3 Å². The molecule has 0 bridgehead atoms. The molecule has 0 spiro atoms. The van der Waals surface area contributed by atoms with Crippen LogP contribution in [0.4, 0.5) is 0 Å². The number of thiazole rings is 1. The van der Waals surface area contributed by atoms with Gasteiger partial charge in [0.1, 0.15) is 0 Å². The van der Waals surface area contributed by atoms with Gasteiger partial charge in [-0.3, -0.25) is 4.79 Å². The molecule has 0 radical (unpaired) electrons. The van der Waals surface area contributed by atoms with E-state index in [9.17, 15) is 4.79 Å². The molecule has 0 saturated heterocycles. The first-order valence-corrected chi connectivity index (χ1v) is 7.86. The molecule has 1 aliphatic carbocycles.